The second-order valence-electron chi connectivity index (χ2n) is 4.93. The summed E-state index contributed by atoms with van der Waals surface area (Å²) in [6, 6.07) is 5.33. The fraction of sp³-hybridized carbons (Fsp3) is 0.533. The predicted octanol–water partition coefficient (Wildman–Crippen LogP) is 1.15. The Balaban J connectivity index is 1.75. The van der Waals surface area contributed by atoms with E-state index in [-0.39, 0.29) is 18.6 Å². The average molecular weight is 294 g/mol. The molecular weight excluding hydrogens is 272 g/mol. The molecule has 1 aromatic carbocycles. The number of fused-ring (bicyclic) bond motifs is 1. The van der Waals surface area contributed by atoms with E-state index < -0.39 is 0 Å². The molecule has 0 saturated carbocycles. The number of ether oxygens (including phenoxy) is 2. The van der Waals surface area contributed by atoms with Crippen LogP contribution >= 0.6 is 0 Å². The average Bonchev–Trinajstić information content (AvgIpc) is 2.51. The molecule has 1 heterocycles. The Morgan fingerprint density at radius 1 is 1.33 bits per heavy atom. The number of nitrogens with one attached hydrogen (secondary N) is 2. The monoisotopic (exact) mass is 294 g/mol. The molecule has 3 N–H and O–H groups in total. The zero-order valence-electron chi connectivity index (χ0n) is 12.2. The van der Waals surface area contributed by atoms with E-state index in [9.17, 15) is 9.90 Å². The van der Waals surface area contributed by atoms with Crippen molar-refractivity contribution in [3.8, 4) is 11.5 Å². The van der Waals surface area contributed by atoms with E-state index in [4.69, 9.17) is 9.47 Å². The van der Waals surface area contributed by atoms with Gasteiger partial charge in [-0.25, -0.2) is 0 Å². The maximum absolute atomic E-state index is 11.8. The van der Waals surface area contributed by atoms with E-state index in [0.717, 1.165) is 6.42 Å². The standard InChI is InChI=1S/C15H22N2O4/c1-2-12(18)5-6-16-10-15(19)17-11-3-4-13-14(9-11)21-8-7-20-13/h3-4,9,12,16,18H,2,5-8,10H2,1H3,(H,17,19). The van der Waals surface area contributed by atoms with Crippen LogP contribution in [0.25, 0.3) is 0 Å². The minimum Gasteiger partial charge on any atom is -0.486 e. The molecule has 0 bridgehead atoms. The highest BCUT2D eigenvalue weighted by Crippen LogP contribution is 2.32. The lowest BCUT2D eigenvalue weighted by molar-refractivity contribution is -0.115. The number of aliphatic hydroxyl groups is 1. The second-order valence-corrected chi connectivity index (χ2v) is 4.93. The molecule has 2 rings (SSSR count). The van der Waals surface area contributed by atoms with Crippen molar-refractivity contribution >= 4 is 11.6 Å². The number of anilines is 1. The van der Waals surface area contributed by atoms with Crippen LogP contribution < -0.4 is 20.1 Å². The first-order valence-corrected chi connectivity index (χ1v) is 7.27. The quantitative estimate of drug-likeness (QED) is 0.657. The molecule has 6 nitrogen and oxygen atoms in total. The van der Waals surface area contributed by atoms with Crippen LogP contribution in [-0.4, -0.2) is 43.4 Å². The van der Waals surface area contributed by atoms with Gasteiger partial charge in [0.2, 0.25) is 5.91 Å². The van der Waals surface area contributed by atoms with Gasteiger partial charge in [0.15, 0.2) is 11.5 Å². The Bertz CT molecular complexity index is 479. The van der Waals surface area contributed by atoms with E-state index in [0.29, 0.717) is 43.4 Å². The van der Waals surface area contributed by atoms with Crippen LogP contribution in [0.3, 0.4) is 0 Å². The third-order valence-corrected chi connectivity index (χ3v) is 3.24. The molecule has 0 aliphatic carbocycles. The Hall–Kier alpha value is -1.79. The van der Waals surface area contributed by atoms with Gasteiger partial charge in [0.1, 0.15) is 13.2 Å². The third kappa shape index (κ3) is 4.91. The van der Waals surface area contributed by atoms with E-state index in [1.165, 1.54) is 0 Å². The van der Waals surface area contributed by atoms with Gasteiger partial charge >= 0.3 is 0 Å². The Kier molecular flexibility index (Phi) is 5.83. The highest BCUT2D eigenvalue weighted by molar-refractivity contribution is 5.92. The lowest BCUT2D eigenvalue weighted by atomic mass is 10.2. The number of hydrogen-bond donors (Lipinski definition) is 3. The summed E-state index contributed by atoms with van der Waals surface area (Å²) in [6.07, 6.45) is 1.07. The Morgan fingerprint density at radius 2 is 2.10 bits per heavy atom. The molecule has 0 saturated heterocycles. The number of carbonyl (C=O) groups is 1. The zero-order chi connectivity index (χ0) is 15.1. The Morgan fingerprint density at radius 3 is 2.86 bits per heavy atom. The summed E-state index contributed by atoms with van der Waals surface area (Å²) in [4.78, 5) is 11.8. The van der Waals surface area contributed by atoms with Gasteiger partial charge in [-0.2, -0.15) is 0 Å². The number of amides is 1. The molecule has 1 aromatic rings. The van der Waals surface area contributed by atoms with Gasteiger partial charge in [0.25, 0.3) is 0 Å². The minimum atomic E-state index is -0.307. The highest BCUT2D eigenvalue weighted by atomic mass is 16.6. The van der Waals surface area contributed by atoms with Gasteiger partial charge in [0.05, 0.1) is 12.6 Å². The van der Waals surface area contributed by atoms with Crippen molar-refractivity contribution in [3.63, 3.8) is 0 Å². The molecule has 116 valence electrons. The maximum atomic E-state index is 11.8. The summed E-state index contributed by atoms with van der Waals surface area (Å²) in [5, 5.41) is 15.2. The number of aliphatic hydroxyl groups excluding tert-OH is 1. The van der Waals surface area contributed by atoms with Crippen molar-refractivity contribution in [3.05, 3.63) is 18.2 Å². The van der Waals surface area contributed by atoms with Crippen molar-refractivity contribution in [1.29, 1.82) is 0 Å². The summed E-state index contributed by atoms with van der Waals surface area (Å²) in [5.74, 6) is 1.22. The topological polar surface area (TPSA) is 79.8 Å². The van der Waals surface area contributed by atoms with E-state index >= 15 is 0 Å². The Labute approximate surface area is 124 Å². The molecule has 0 fully saturated rings. The predicted molar refractivity (Wildman–Crippen MR) is 79.8 cm³/mol. The summed E-state index contributed by atoms with van der Waals surface area (Å²) in [7, 11) is 0. The van der Waals surface area contributed by atoms with Crippen molar-refractivity contribution in [2.75, 3.05) is 31.6 Å². The molecule has 1 amide bonds. The highest BCUT2D eigenvalue weighted by Gasteiger charge is 2.12. The van der Waals surface area contributed by atoms with Crippen LogP contribution in [0, 0.1) is 0 Å². The van der Waals surface area contributed by atoms with Gasteiger partial charge in [-0.15, -0.1) is 0 Å². The first-order chi connectivity index (χ1) is 10.2. The van der Waals surface area contributed by atoms with Crippen molar-refractivity contribution < 1.29 is 19.4 Å². The fourth-order valence-corrected chi connectivity index (χ4v) is 2.00. The summed E-state index contributed by atoms with van der Waals surface area (Å²) >= 11 is 0. The second kappa shape index (κ2) is 7.85. The molecule has 1 atom stereocenters. The molecule has 1 aliphatic heterocycles. The molecule has 0 spiro atoms. The smallest absolute Gasteiger partial charge is 0.238 e. The lowest BCUT2D eigenvalue weighted by Crippen LogP contribution is -2.30. The first-order valence-electron chi connectivity index (χ1n) is 7.27. The van der Waals surface area contributed by atoms with Crippen LogP contribution in [0.4, 0.5) is 5.69 Å². The van der Waals surface area contributed by atoms with Gasteiger partial charge in [-0.1, -0.05) is 6.92 Å². The maximum Gasteiger partial charge on any atom is 0.238 e. The van der Waals surface area contributed by atoms with E-state index in [1.54, 1.807) is 18.2 Å². The van der Waals surface area contributed by atoms with Gasteiger partial charge in [-0.3, -0.25) is 4.79 Å². The molecule has 0 radical (unpaired) electrons. The van der Waals surface area contributed by atoms with Gasteiger partial charge in [0, 0.05) is 11.8 Å². The largest absolute Gasteiger partial charge is 0.486 e. The first kappa shape index (κ1) is 15.6. The van der Waals surface area contributed by atoms with Crippen LogP contribution in [0.15, 0.2) is 18.2 Å². The summed E-state index contributed by atoms with van der Waals surface area (Å²) in [5.41, 5.74) is 0.680. The van der Waals surface area contributed by atoms with Crippen molar-refractivity contribution in [1.82, 2.24) is 5.32 Å². The normalized spacial score (nSPS) is 14.6. The fourth-order valence-electron chi connectivity index (χ4n) is 2.00. The van der Waals surface area contributed by atoms with Crippen LogP contribution in [0.2, 0.25) is 0 Å². The molecule has 1 unspecified atom stereocenters. The molecule has 0 aromatic heterocycles. The van der Waals surface area contributed by atoms with E-state index in [2.05, 4.69) is 10.6 Å². The van der Waals surface area contributed by atoms with Crippen LogP contribution in [0.5, 0.6) is 11.5 Å². The molecule has 1 aliphatic rings. The van der Waals surface area contributed by atoms with E-state index in [1.807, 2.05) is 6.92 Å². The third-order valence-electron chi connectivity index (χ3n) is 3.24. The van der Waals surface area contributed by atoms with Crippen LogP contribution in [0.1, 0.15) is 19.8 Å². The SMILES string of the molecule is CCC(O)CCNCC(=O)Nc1ccc2c(c1)OCCO2. The van der Waals surface area contributed by atoms with Gasteiger partial charge in [-0.05, 0) is 31.5 Å². The van der Waals surface area contributed by atoms with Crippen molar-refractivity contribution in [2.45, 2.75) is 25.9 Å². The zero-order valence-corrected chi connectivity index (χ0v) is 12.2. The summed E-state index contributed by atoms with van der Waals surface area (Å²) < 4.78 is 10.9. The number of hydrogen-bond acceptors (Lipinski definition) is 5. The molecule has 21 heavy (non-hydrogen) atoms. The summed E-state index contributed by atoms with van der Waals surface area (Å²) in [6.45, 7) is 3.83. The van der Waals surface area contributed by atoms with Crippen molar-refractivity contribution in [2.24, 2.45) is 0 Å². The number of rotatable bonds is 7. The number of carbonyl (C=O) groups excluding carboxylic acids is 1. The van der Waals surface area contributed by atoms with Crippen LogP contribution in [-0.2, 0) is 4.79 Å². The molecular formula is C15H22N2O4. The molecule has 6 heteroatoms. The lowest BCUT2D eigenvalue weighted by Gasteiger charge is -2.19. The minimum absolute atomic E-state index is 0.127. The van der Waals surface area contributed by atoms with Gasteiger partial charge < -0.3 is 25.2 Å². The number of benzene rings is 1.